The molecule has 0 radical (unpaired) electrons. The van der Waals surface area contributed by atoms with Crippen LogP contribution in [0.5, 0.6) is 5.75 Å². The maximum atomic E-state index is 5.38. The number of nitrogens with one attached hydrogen (secondary N) is 1. The normalized spacial score (nSPS) is 14.6. The van der Waals surface area contributed by atoms with Crippen LogP contribution in [-0.4, -0.2) is 27.4 Å². The summed E-state index contributed by atoms with van der Waals surface area (Å²) in [5.74, 6) is 0.890. The molecule has 2 atom stereocenters. The van der Waals surface area contributed by atoms with Crippen molar-refractivity contribution in [2.45, 2.75) is 26.0 Å². The van der Waals surface area contributed by atoms with Gasteiger partial charge in [0.15, 0.2) is 0 Å². The van der Waals surface area contributed by atoms with E-state index in [-0.39, 0.29) is 12.1 Å². The lowest BCUT2D eigenvalue weighted by Gasteiger charge is -2.24. The summed E-state index contributed by atoms with van der Waals surface area (Å²) in [7, 11) is 5.36. The van der Waals surface area contributed by atoms with Gasteiger partial charge in [0, 0.05) is 7.11 Å². The lowest BCUT2D eigenvalue weighted by Crippen LogP contribution is -2.29. The fourth-order valence-electron chi connectivity index (χ4n) is 1.90. The van der Waals surface area contributed by atoms with Crippen molar-refractivity contribution in [2.75, 3.05) is 21.3 Å². The van der Waals surface area contributed by atoms with E-state index in [0.717, 1.165) is 5.75 Å². The Morgan fingerprint density at radius 3 is 2.38 bits per heavy atom. The van der Waals surface area contributed by atoms with E-state index >= 15 is 0 Å². The summed E-state index contributed by atoms with van der Waals surface area (Å²) in [6.07, 6.45) is 0.136. The molecule has 2 unspecified atom stereocenters. The van der Waals surface area contributed by atoms with Crippen LogP contribution in [0.3, 0.4) is 0 Å². The fourth-order valence-corrected chi connectivity index (χ4v) is 1.90. The van der Waals surface area contributed by atoms with Crippen molar-refractivity contribution in [3.05, 3.63) is 29.3 Å². The van der Waals surface area contributed by atoms with Crippen LogP contribution in [0.1, 0.15) is 24.1 Å². The molecule has 1 aromatic rings. The SMILES string of the molecule is CNC(c1ccc(OC)cc1C)C(C)OC. The third-order valence-corrected chi connectivity index (χ3v) is 2.96. The second-order valence-corrected chi connectivity index (χ2v) is 3.93. The first-order valence-corrected chi connectivity index (χ1v) is 5.48. The van der Waals surface area contributed by atoms with Gasteiger partial charge >= 0.3 is 0 Å². The highest BCUT2D eigenvalue weighted by Gasteiger charge is 2.18. The molecule has 0 aliphatic rings. The summed E-state index contributed by atoms with van der Waals surface area (Å²) in [6, 6.07) is 6.32. The van der Waals surface area contributed by atoms with Gasteiger partial charge in [-0.2, -0.15) is 0 Å². The summed E-state index contributed by atoms with van der Waals surface area (Å²) in [5, 5.41) is 3.28. The van der Waals surface area contributed by atoms with Crippen molar-refractivity contribution in [1.82, 2.24) is 5.32 Å². The van der Waals surface area contributed by atoms with Crippen LogP contribution in [-0.2, 0) is 4.74 Å². The van der Waals surface area contributed by atoms with Gasteiger partial charge in [-0.25, -0.2) is 0 Å². The molecule has 0 bridgehead atoms. The number of rotatable bonds is 5. The molecular weight excluding hydrogens is 202 g/mol. The third kappa shape index (κ3) is 2.74. The molecule has 0 amide bonds. The smallest absolute Gasteiger partial charge is 0.119 e. The van der Waals surface area contributed by atoms with Crippen LogP contribution >= 0.6 is 0 Å². The highest BCUT2D eigenvalue weighted by molar-refractivity contribution is 5.37. The quantitative estimate of drug-likeness (QED) is 0.831. The first kappa shape index (κ1) is 13.0. The molecule has 0 saturated carbocycles. The van der Waals surface area contributed by atoms with Crippen molar-refractivity contribution >= 4 is 0 Å². The molecule has 0 aliphatic carbocycles. The Labute approximate surface area is 97.8 Å². The molecule has 0 heterocycles. The zero-order valence-corrected chi connectivity index (χ0v) is 10.7. The number of aryl methyl sites for hydroxylation is 1. The monoisotopic (exact) mass is 223 g/mol. The Balaban J connectivity index is 3.01. The zero-order valence-electron chi connectivity index (χ0n) is 10.7. The molecule has 1 N–H and O–H groups in total. The van der Waals surface area contributed by atoms with Gasteiger partial charge in [0.2, 0.25) is 0 Å². The van der Waals surface area contributed by atoms with Gasteiger partial charge in [-0.15, -0.1) is 0 Å². The molecule has 90 valence electrons. The predicted molar refractivity (Wildman–Crippen MR) is 66.0 cm³/mol. The van der Waals surface area contributed by atoms with Gasteiger partial charge in [-0.3, -0.25) is 0 Å². The number of likely N-dealkylation sites (N-methyl/N-ethyl adjacent to an activating group) is 1. The molecule has 3 heteroatoms. The van der Waals surface area contributed by atoms with E-state index in [2.05, 4.69) is 25.2 Å². The second kappa shape index (κ2) is 5.87. The maximum absolute atomic E-state index is 5.38. The van der Waals surface area contributed by atoms with Gasteiger partial charge in [-0.05, 0) is 44.2 Å². The van der Waals surface area contributed by atoms with Gasteiger partial charge in [0.1, 0.15) is 5.75 Å². The molecule has 1 aromatic carbocycles. The van der Waals surface area contributed by atoms with Crippen molar-refractivity contribution in [1.29, 1.82) is 0 Å². The third-order valence-electron chi connectivity index (χ3n) is 2.96. The van der Waals surface area contributed by atoms with Crippen LogP contribution < -0.4 is 10.1 Å². The highest BCUT2D eigenvalue weighted by atomic mass is 16.5. The molecule has 3 nitrogen and oxygen atoms in total. The Hall–Kier alpha value is -1.06. The molecule has 0 fully saturated rings. The molecule has 0 aliphatic heterocycles. The van der Waals surface area contributed by atoms with E-state index in [1.165, 1.54) is 11.1 Å². The lowest BCUT2D eigenvalue weighted by molar-refractivity contribution is 0.0854. The van der Waals surface area contributed by atoms with Gasteiger partial charge in [0.25, 0.3) is 0 Å². The van der Waals surface area contributed by atoms with Gasteiger partial charge in [-0.1, -0.05) is 6.07 Å². The fraction of sp³-hybridized carbons (Fsp3) is 0.538. The van der Waals surface area contributed by atoms with Gasteiger partial charge in [0.05, 0.1) is 19.3 Å². The number of methoxy groups -OCH3 is 2. The maximum Gasteiger partial charge on any atom is 0.119 e. The minimum Gasteiger partial charge on any atom is -0.497 e. The van der Waals surface area contributed by atoms with Crippen LogP contribution in [0.25, 0.3) is 0 Å². The van der Waals surface area contributed by atoms with E-state index in [4.69, 9.17) is 9.47 Å². The topological polar surface area (TPSA) is 30.5 Å². The van der Waals surface area contributed by atoms with E-state index < -0.39 is 0 Å². The Morgan fingerprint density at radius 2 is 1.94 bits per heavy atom. The molecule has 0 spiro atoms. The highest BCUT2D eigenvalue weighted by Crippen LogP contribution is 2.25. The Kier molecular flexibility index (Phi) is 4.77. The van der Waals surface area contributed by atoms with Crippen molar-refractivity contribution < 1.29 is 9.47 Å². The average Bonchev–Trinajstić information content (AvgIpc) is 2.31. The largest absolute Gasteiger partial charge is 0.497 e. The number of ether oxygens (including phenoxy) is 2. The zero-order chi connectivity index (χ0) is 12.1. The average molecular weight is 223 g/mol. The van der Waals surface area contributed by atoms with Crippen LogP contribution in [0, 0.1) is 6.92 Å². The minimum atomic E-state index is 0.136. The number of hydrogen-bond acceptors (Lipinski definition) is 3. The summed E-state index contributed by atoms with van der Waals surface area (Å²) >= 11 is 0. The first-order chi connectivity index (χ1) is 7.63. The summed E-state index contributed by atoms with van der Waals surface area (Å²) < 4.78 is 10.6. The Morgan fingerprint density at radius 1 is 1.25 bits per heavy atom. The minimum absolute atomic E-state index is 0.136. The standard InChI is InChI=1S/C13H21NO2/c1-9-8-11(16-5)6-7-12(9)13(14-3)10(2)15-4/h6-8,10,13-14H,1-5H3. The second-order valence-electron chi connectivity index (χ2n) is 3.93. The number of benzene rings is 1. The van der Waals surface area contributed by atoms with Crippen molar-refractivity contribution in [3.8, 4) is 5.75 Å². The van der Waals surface area contributed by atoms with Crippen LogP contribution in [0.2, 0.25) is 0 Å². The summed E-state index contributed by atoms with van der Waals surface area (Å²) in [4.78, 5) is 0. The number of hydrogen-bond donors (Lipinski definition) is 1. The molecule has 16 heavy (non-hydrogen) atoms. The lowest BCUT2D eigenvalue weighted by atomic mass is 9.97. The van der Waals surface area contributed by atoms with E-state index in [1.54, 1.807) is 14.2 Å². The van der Waals surface area contributed by atoms with E-state index in [0.29, 0.717) is 0 Å². The van der Waals surface area contributed by atoms with Crippen LogP contribution in [0.15, 0.2) is 18.2 Å². The molecule has 0 saturated heterocycles. The first-order valence-electron chi connectivity index (χ1n) is 5.48. The summed E-state index contributed by atoms with van der Waals surface area (Å²) in [6.45, 7) is 4.15. The summed E-state index contributed by atoms with van der Waals surface area (Å²) in [5.41, 5.74) is 2.46. The van der Waals surface area contributed by atoms with Crippen LogP contribution in [0.4, 0.5) is 0 Å². The predicted octanol–water partition coefficient (Wildman–Crippen LogP) is 2.30. The molecular formula is C13H21NO2. The molecule has 0 aromatic heterocycles. The van der Waals surface area contributed by atoms with E-state index in [9.17, 15) is 0 Å². The Bertz CT molecular complexity index is 339. The van der Waals surface area contributed by atoms with Crippen molar-refractivity contribution in [3.63, 3.8) is 0 Å². The van der Waals surface area contributed by atoms with E-state index in [1.807, 2.05) is 19.2 Å². The molecule has 1 rings (SSSR count). The van der Waals surface area contributed by atoms with Gasteiger partial charge < -0.3 is 14.8 Å². The van der Waals surface area contributed by atoms with Crippen molar-refractivity contribution in [2.24, 2.45) is 0 Å².